The molecule has 1 aromatic rings. The summed E-state index contributed by atoms with van der Waals surface area (Å²) >= 11 is 0. The molecular formula is C16H23NO3. The number of aliphatic hydroxyl groups is 2. The second-order valence-electron chi connectivity index (χ2n) is 5.94. The van der Waals surface area contributed by atoms with Crippen LogP contribution < -0.4 is 10.1 Å². The standard InChI is InChI=1S/C16H23NO3/c1-3-11-15-13(7-14(18)16(11)19)12-6-10(20-2)5-4-9(12)8-17-15/h4-6,11,13-19H,3,7-8H2,1-2H3. The van der Waals surface area contributed by atoms with Gasteiger partial charge in [0.25, 0.3) is 0 Å². The second kappa shape index (κ2) is 5.35. The van der Waals surface area contributed by atoms with Crippen LogP contribution in [0.25, 0.3) is 0 Å². The summed E-state index contributed by atoms with van der Waals surface area (Å²) in [4.78, 5) is 0. The maximum absolute atomic E-state index is 10.2. The molecule has 110 valence electrons. The van der Waals surface area contributed by atoms with Crippen molar-refractivity contribution in [3.8, 4) is 5.75 Å². The Morgan fingerprint density at radius 3 is 2.85 bits per heavy atom. The Labute approximate surface area is 119 Å². The highest BCUT2D eigenvalue weighted by Crippen LogP contribution is 2.42. The lowest BCUT2D eigenvalue weighted by Gasteiger charge is -2.47. The zero-order valence-electron chi connectivity index (χ0n) is 12.0. The summed E-state index contributed by atoms with van der Waals surface area (Å²) in [5.74, 6) is 1.21. The Morgan fingerprint density at radius 2 is 2.15 bits per heavy atom. The fourth-order valence-electron chi connectivity index (χ4n) is 3.89. The van der Waals surface area contributed by atoms with E-state index in [0.29, 0.717) is 6.42 Å². The van der Waals surface area contributed by atoms with Crippen LogP contribution in [0.4, 0.5) is 0 Å². The second-order valence-corrected chi connectivity index (χ2v) is 5.94. The SMILES string of the molecule is CCC1C(O)C(O)CC2c3cc(OC)ccc3CNC21. The highest BCUT2D eigenvalue weighted by atomic mass is 16.5. The molecule has 0 saturated heterocycles. The molecule has 0 radical (unpaired) electrons. The summed E-state index contributed by atoms with van der Waals surface area (Å²) in [5, 5.41) is 23.9. The number of hydrogen-bond acceptors (Lipinski definition) is 4. The summed E-state index contributed by atoms with van der Waals surface area (Å²) in [6.07, 6.45) is 0.211. The van der Waals surface area contributed by atoms with E-state index in [1.165, 1.54) is 11.1 Å². The van der Waals surface area contributed by atoms with E-state index in [2.05, 4.69) is 24.4 Å². The monoisotopic (exact) mass is 277 g/mol. The van der Waals surface area contributed by atoms with Gasteiger partial charge in [-0.2, -0.15) is 0 Å². The molecule has 3 rings (SSSR count). The van der Waals surface area contributed by atoms with E-state index in [1.807, 2.05) is 6.07 Å². The zero-order chi connectivity index (χ0) is 14.3. The number of fused-ring (bicyclic) bond motifs is 3. The molecule has 1 aliphatic heterocycles. The Balaban J connectivity index is 1.98. The highest BCUT2D eigenvalue weighted by Gasteiger charge is 2.45. The van der Waals surface area contributed by atoms with E-state index in [0.717, 1.165) is 18.7 Å². The van der Waals surface area contributed by atoms with Crippen molar-refractivity contribution in [3.05, 3.63) is 29.3 Å². The average Bonchev–Trinajstić information content (AvgIpc) is 2.48. The van der Waals surface area contributed by atoms with Crippen LogP contribution in [0.2, 0.25) is 0 Å². The van der Waals surface area contributed by atoms with Gasteiger partial charge in [-0.05, 0) is 36.1 Å². The van der Waals surface area contributed by atoms with Crippen LogP contribution in [-0.4, -0.2) is 35.6 Å². The van der Waals surface area contributed by atoms with Gasteiger partial charge >= 0.3 is 0 Å². The van der Waals surface area contributed by atoms with Crippen LogP contribution in [0.15, 0.2) is 18.2 Å². The van der Waals surface area contributed by atoms with Gasteiger partial charge in [-0.15, -0.1) is 0 Å². The van der Waals surface area contributed by atoms with Gasteiger partial charge in [0, 0.05) is 24.4 Å². The first-order valence-electron chi connectivity index (χ1n) is 7.42. The van der Waals surface area contributed by atoms with Gasteiger partial charge in [0.2, 0.25) is 0 Å². The quantitative estimate of drug-likeness (QED) is 0.765. The van der Waals surface area contributed by atoms with Crippen molar-refractivity contribution in [1.29, 1.82) is 0 Å². The first kappa shape index (κ1) is 13.9. The summed E-state index contributed by atoms with van der Waals surface area (Å²) in [6.45, 7) is 2.89. The largest absolute Gasteiger partial charge is 0.497 e. The van der Waals surface area contributed by atoms with Gasteiger partial charge < -0.3 is 20.3 Å². The molecule has 4 heteroatoms. The Bertz CT molecular complexity index is 491. The van der Waals surface area contributed by atoms with Crippen molar-refractivity contribution >= 4 is 0 Å². The average molecular weight is 277 g/mol. The van der Waals surface area contributed by atoms with Crippen LogP contribution in [0.5, 0.6) is 5.75 Å². The van der Waals surface area contributed by atoms with Crippen molar-refractivity contribution in [3.63, 3.8) is 0 Å². The van der Waals surface area contributed by atoms with Crippen molar-refractivity contribution in [2.24, 2.45) is 5.92 Å². The molecule has 0 bridgehead atoms. The van der Waals surface area contributed by atoms with E-state index in [4.69, 9.17) is 4.74 Å². The molecule has 1 aliphatic carbocycles. The number of benzene rings is 1. The third-order valence-electron chi connectivity index (χ3n) is 4.98. The molecule has 0 spiro atoms. The van der Waals surface area contributed by atoms with Crippen LogP contribution in [0.1, 0.15) is 36.8 Å². The minimum atomic E-state index is -0.639. The summed E-state index contributed by atoms with van der Waals surface area (Å²) in [5.41, 5.74) is 2.53. The summed E-state index contributed by atoms with van der Waals surface area (Å²) in [7, 11) is 1.68. The van der Waals surface area contributed by atoms with Crippen molar-refractivity contribution in [2.75, 3.05) is 7.11 Å². The number of hydrogen-bond donors (Lipinski definition) is 3. The fourth-order valence-corrected chi connectivity index (χ4v) is 3.89. The number of aliphatic hydroxyl groups excluding tert-OH is 2. The van der Waals surface area contributed by atoms with Crippen molar-refractivity contribution in [2.45, 2.75) is 50.5 Å². The minimum absolute atomic E-state index is 0.100. The van der Waals surface area contributed by atoms with Gasteiger partial charge in [-0.1, -0.05) is 13.0 Å². The molecule has 5 atom stereocenters. The third kappa shape index (κ3) is 2.12. The van der Waals surface area contributed by atoms with E-state index in [-0.39, 0.29) is 17.9 Å². The van der Waals surface area contributed by atoms with Crippen LogP contribution in [0, 0.1) is 5.92 Å². The lowest BCUT2D eigenvalue weighted by Crippen LogP contribution is -2.56. The maximum Gasteiger partial charge on any atom is 0.119 e. The van der Waals surface area contributed by atoms with Gasteiger partial charge in [-0.3, -0.25) is 0 Å². The van der Waals surface area contributed by atoms with Gasteiger partial charge in [-0.25, -0.2) is 0 Å². The van der Waals surface area contributed by atoms with E-state index in [1.54, 1.807) is 7.11 Å². The molecule has 3 N–H and O–H groups in total. The smallest absolute Gasteiger partial charge is 0.119 e. The van der Waals surface area contributed by atoms with Crippen LogP contribution >= 0.6 is 0 Å². The number of nitrogens with one attached hydrogen (secondary N) is 1. The Kier molecular flexibility index (Phi) is 3.71. The number of methoxy groups -OCH3 is 1. The molecule has 4 nitrogen and oxygen atoms in total. The third-order valence-corrected chi connectivity index (χ3v) is 4.98. The molecular weight excluding hydrogens is 254 g/mol. The zero-order valence-corrected chi connectivity index (χ0v) is 12.0. The molecule has 2 aliphatic rings. The number of ether oxygens (including phenoxy) is 1. The highest BCUT2D eigenvalue weighted by molar-refractivity contribution is 5.41. The van der Waals surface area contributed by atoms with Gasteiger partial charge in [0.15, 0.2) is 0 Å². The summed E-state index contributed by atoms with van der Waals surface area (Å²) < 4.78 is 5.33. The molecule has 1 fully saturated rings. The molecule has 5 unspecified atom stereocenters. The maximum atomic E-state index is 10.2. The molecule has 1 saturated carbocycles. The van der Waals surface area contributed by atoms with E-state index < -0.39 is 12.2 Å². The minimum Gasteiger partial charge on any atom is -0.497 e. The Hall–Kier alpha value is -1.10. The lowest BCUT2D eigenvalue weighted by atomic mass is 9.67. The van der Waals surface area contributed by atoms with Crippen molar-refractivity contribution in [1.82, 2.24) is 5.32 Å². The van der Waals surface area contributed by atoms with Gasteiger partial charge in [0.05, 0.1) is 19.3 Å². The molecule has 0 amide bonds. The van der Waals surface area contributed by atoms with Crippen molar-refractivity contribution < 1.29 is 14.9 Å². The predicted octanol–water partition coefficient (Wildman–Crippen LogP) is 1.40. The van der Waals surface area contributed by atoms with Gasteiger partial charge in [0.1, 0.15) is 5.75 Å². The van der Waals surface area contributed by atoms with E-state index >= 15 is 0 Å². The normalized spacial score (nSPS) is 36.1. The van der Waals surface area contributed by atoms with E-state index in [9.17, 15) is 10.2 Å². The van der Waals surface area contributed by atoms with Crippen LogP contribution in [0.3, 0.4) is 0 Å². The first-order chi connectivity index (χ1) is 9.65. The molecule has 20 heavy (non-hydrogen) atoms. The molecule has 0 aromatic heterocycles. The lowest BCUT2D eigenvalue weighted by molar-refractivity contribution is -0.0677. The summed E-state index contributed by atoms with van der Waals surface area (Å²) in [6, 6.07) is 6.39. The molecule has 1 heterocycles. The number of rotatable bonds is 2. The molecule has 1 aromatic carbocycles. The predicted molar refractivity (Wildman–Crippen MR) is 76.8 cm³/mol. The van der Waals surface area contributed by atoms with Crippen LogP contribution in [-0.2, 0) is 6.54 Å². The topological polar surface area (TPSA) is 61.7 Å². The first-order valence-corrected chi connectivity index (χ1v) is 7.42. The fraction of sp³-hybridized carbons (Fsp3) is 0.625. The Morgan fingerprint density at radius 1 is 1.35 bits per heavy atom.